The van der Waals surface area contributed by atoms with Gasteiger partial charge in [0, 0.05) is 19.3 Å². The Hall–Kier alpha value is -1.62. The topological polar surface area (TPSA) is 45.6 Å². The number of rotatable bonds is 7. The van der Waals surface area contributed by atoms with Gasteiger partial charge in [-0.1, -0.05) is 23.7 Å². The molecule has 1 atom stereocenters. The number of nitrogens with zero attached hydrogens (tertiary/aromatic N) is 2. The lowest BCUT2D eigenvalue weighted by Crippen LogP contribution is -2.32. The highest BCUT2D eigenvalue weighted by Crippen LogP contribution is 2.16. The summed E-state index contributed by atoms with van der Waals surface area (Å²) in [7, 11) is 1.95. The van der Waals surface area contributed by atoms with Crippen LogP contribution < -0.4 is 4.74 Å². The van der Waals surface area contributed by atoms with Gasteiger partial charge in [-0.05, 0) is 55.8 Å². The van der Waals surface area contributed by atoms with Crippen molar-refractivity contribution in [2.75, 3.05) is 20.2 Å². The molecule has 2 rings (SSSR count). The number of pyridine rings is 1. The number of benzene rings is 1. The molecular formula is C18H23ClN2O2. The fourth-order valence-electron chi connectivity index (χ4n) is 2.50. The average molecular weight is 335 g/mol. The van der Waals surface area contributed by atoms with Crippen LogP contribution in [0.4, 0.5) is 0 Å². The number of hydrogen-bond donors (Lipinski definition) is 1. The molecule has 23 heavy (non-hydrogen) atoms. The number of aromatic nitrogens is 1. The number of likely N-dealkylation sites (N-methyl/N-ethyl adjacent to an activating group) is 1. The zero-order valence-electron chi connectivity index (χ0n) is 13.8. The van der Waals surface area contributed by atoms with Crippen LogP contribution >= 0.6 is 11.6 Å². The Bertz CT molecular complexity index is 611. The van der Waals surface area contributed by atoms with Gasteiger partial charge in [-0.25, -0.2) is 4.98 Å². The van der Waals surface area contributed by atoms with Crippen LogP contribution in [0.2, 0.25) is 5.15 Å². The van der Waals surface area contributed by atoms with Crippen LogP contribution in [-0.2, 0) is 6.54 Å². The molecule has 5 heteroatoms. The van der Waals surface area contributed by atoms with E-state index in [9.17, 15) is 5.11 Å². The zero-order chi connectivity index (χ0) is 16.8. The van der Waals surface area contributed by atoms with Crippen LogP contribution in [0.15, 0.2) is 36.5 Å². The molecule has 4 nitrogen and oxygen atoms in total. The molecule has 0 saturated carbocycles. The highest BCUT2D eigenvalue weighted by Gasteiger charge is 2.10. The number of aliphatic hydroxyl groups excluding tert-OH is 1. The fraction of sp³-hybridized carbons (Fsp3) is 0.389. The summed E-state index contributed by atoms with van der Waals surface area (Å²) in [4.78, 5) is 6.08. The number of halogens is 1. The van der Waals surface area contributed by atoms with Gasteiger partial charge in [0.25, 0.3) is 0 Å². The zero-order valence-corrected chi connectivity index (χ0v) is 14.5. The molecule has 0 aliphatic rings. The van der Waals surface area contributed by atoms with Crippen molar-refractivity contribution in [2.45, 2.75) is 26.5 Å². The van der Waals surface area contributed by atoms with E-state index in [-0.39, 0.29) is 6.61 Å². The Labute approximate surface area is 142 Å². The first-order chi connectivity index (χ1) is 10.9. The van der Waals surface area contributed by atoms with Crippen molar-refractivity contribution in [3.63, 3.8) is 0 Å². The van der Waals surface area contributed by atoms with Crippen LogP contribution in [0.5, 0.6) is 5.75 Å². The average Bonchev–Trinajstić information content (AvgIpc) is 2.46. The van der Waals surface area contributed by atoms with Gasteiger partial charge in [0.2, 0.25) is 0 Å². The maximum Gasteiger partial charge on any atom is 0.129 e. The summed E-state index contributed by atoms with van der Waals surface area (Å²) in [5.74, 6) is 0.797. The molecule has 1 aromatic heterocycles. The minimum absolute atomic E-state index is 0.270. The first-order valence-electron chi connectivity index (χ1n) is 7.60. The standard InChI is InChI=1S/C18H23ClN2O2/c1-13-6-14(2)8-17(7-13)23-12-16(22)11-21(3)10-15-4-5-18(19)20-9-15/h4-9,16,22H,10-12H2,1-3H3. The summed E-state index contributed by atoms with van der Waals surface area (Å²) in [6, 6.07) is 9.75. The molecule has 0 saturated heterocycles. The number of ether oxygens (including phenoxy) is 1. The molecule has 0 aliphatic heterocycles. The van der Waals surface area contributed by atoms with Crippen LogP contribution in [0.1, 0.15) is 16.7 Å². The number of aliphatic hydroxyl groups is 1. The first-order valence-corrected chi connectivity index (χ1v) is 7.98. The summed E-state index contributed by atoms with van der Waals surface area (Å²) >= 11 is 5.77. The second-order valence-electron chi connectivity index (χ2n) is 5.97. The van der Waals surface area contributed by atoms with Gasteiger partial charge in [0.1, 0.15) is 23.6 Å². The summed E-state index contributed by atoms with van der Waals surface area (Å²) < 4.78 is 5.69. The third-order valence-corrected chi connectivity index (χ3v) is 3.62. The van der Waals surface area contributed by atoms with Crippen molar-refractivity contribution in [2.24, 2.45) is 0 Å². The molecule has 1 heterocycles. The van der Waals surface area contributed by atoms with Crippen molar-refractivity contribution in [3.8, 4) is 5.75 Å². The fourth-order valence-corrected chi connectivity index (χ4v) is 2.61. The Morgan fingerprint density at radius 1 is 1.22 bits per heavy atom. The van der Waals surface area contributed by atoms with Crippen molar-refractivity contribution < 1.29 is 9.84 Å². The van der Waals surface area contributed by atoms with E-state index in [0.29, 0.717) is 18.2 Å². The Kier molecular flexibility index (Phi) is 6.39. The number of aryl methyl sites for hydroxylation is 2. The lowest BCUT2D eigenvalue weighted by molar-refractivity contribution is 0.0743. The number of hydrogen-bond acceptors (Lipinski definition) is 4. The SMILES string of the molecule is Cc1cc(C)cc(OCC(O)CN(C)Cc2ccc(Cl)nc2)c1. The third kappa shape index (κ3) is 6.18. The molecular weight excluding hydrogens is 312 g/mol. The quantitative estimate of drug-likeness (QED) is 0.790. The molecule has 0 radical (unpaired) electrons. The molecule has 0 aliphatic carbocycles. The Morgan fingerprint density at radius 3 is 2.52 bits per heavy atom. The molecule has 1 unspecified atom stereocenters. The van der Waals surface area contributed by atoms with Gasteiger partial charge in [-0.3, -0.25) is 4.90 Å². The van der Waals surface area contributed by atoms with Gasteiger partial charge < -0.3 is 9.84 Å². The summed E-state index contributed by atoms with van der Waals surface area (Å²) in [6.07, 6.45) is 1.19. The highest BCUT2D eigenvalue weighted by atomic mass is 35.5. The van der Waals surface area contributed by atoms with Crippen molar-refractivity contribution in [1.82, 2.24) is 9.88 Å². The third-order valence-electron chi connectivity index (χ3n) is 3.40. The predicted octanol–water partition coefficient (Wildman–Crippen LogP) is 3.22. The minimum atomic E-state index is -0.555. The molecule has 1 aromatic carbocycles. The molecule has 2 aromatic rings. The lowest BCUT2D eigenvalue weighted by Gasteiger charge is -2.21. The molecule has 0 amide bonds. The Morgan fingerprint density at radius 2 is 1.91 bits per heavy atom. The maximum atomic E-state index is 10.1. The van der Waals surface area contributed by atoms with E-state index in [1.807, 2.05) is 44.0 Å². The van der Waals surface area contributed by atoms with Crippen molar-refractivity contribution in [1.29, 1.82) is 0 Å². The van der Waals surface area contributed by atoms with Gasteiger partial charge in [0.05, 0.1) is 0 Å². The lowest BCUT2D eigenvalue weighted by atomic mass is 10.1. The van der Waals surface area contributed by atoms with Gasteiger partial charge in [0.15, 0.2) is 0 Å². The molecule has 0 bridgehead atoms. The van der Waals surface area contributed by atoms with Gasteiger partial charge in [-0.15, -0.1) is 0 Å². The van der Waals surface area contributed by atoms with Crippen LogP contribution in [-0.4, -0.2) is 41.3 Å². The van der Waals surface area contributed by atoms with Gasteiger partial charge in [-0.2, -0.15) is 0 Å². The minimum Gasteiger partial charge on any atom is -0.491 e. The van der Waals surface area contributed by atoms with Gasteiger partial charge >= 0.3 is 0 Å². The van der Waals surface area contributed by atoms with Crippen LogP contribution in [0, 0.1) is 13.8 Å². The van der Waals surface area contributed by atoms with E-state index in [2.05, 4.69) is 11.1 Å². The van der Waals surface area contributed by atoms with E-state index in [4.69, 9.17) is 16.3 Å². The van der Waals surface area contributed by atoms with Crippen LogP contribution in [0.3, 0.4) is 0 Å². The van der Waals surface area contributed by atoms with E-state index >= 15 is 0 Å². The normalized spacial score (nSPS) is 12.4. The second kappa shape index (κ2) is 8.29. The summed E-state index contributed by atoms with van der Waals surface area (Å²) in [6.45, 7) is 5.55. The van der Waals surface area contributed by atoms with Crippen molar-refractivity contribution in [3.05, 3.63) is 58.4 Å². The maximum absolute atomic E-state index is 10.1. The molecule has 1 N–H and O–H groups in total. The first kappa shape index (κ1) is 17.7. The second-order valence-corrected chi connectivity index (χ2v) is 6.36. The molecule has 0 fully saturated rings. The van der Waals surface area contributed by atoms with E-state index < -0.39 is 6.10 Å². The summed E-state index contributed by atoms with van der Waals surface area (Å²) in [5, 5.41) is 10.6. The van der Waals surface area contributed by atoms with E-state index in [0.717, 1.165) is 22.4 Å². The van der Waals surface area contributed by atoms with E-state index in [1.165, 1.54) is 0 Å². The predicted molar refractivity (Wildman–Crippen MR) is 93.0 cm³/mol. The smallest absolute Gasteiger partial charge is 0.129 e. The molecule has 0 spiro atoms. The van der Waals surface area contributed by atoms with Crippen LogP contribution in [0.25, 0.3) is 0 Å². The summed E-state index contributed by atoms with van der Waals surface area (Å²) in [5.41, 5.74) is 3.36. The van der Waals surface area contributed by atoms with Crippen molar-refractivity contribution >= 4 is 11.6 Å². The Balaban J connectivity index is 1.79. The highest BCUT2D eigenvalue weighted by molar-refractivity contribution is 6.29. The largest absolute Gasteiger partial charge is 0.491 e. The molecule has 124 valence electrons. The van der Waals surface area contributed by atoms with E-state index in [1.54, 1.807) is 12.3 Å². The monoisotopic (exact) mass is 334 g/mol.